The molecule has 4 heteroatoms. The highest BCUT2D eigenvalue weighted by molar-refractivity contribution is 9.10. The van der Waals surface area contributed by atoms with Crippen molar-refractivity contribution in [2.75, 3.05) is 6.61 Å². The zero-order valence-corrected chi connectivity index (χ0v) is 10.8. The van der Waals surface area contributed by atoms with Crippen molar-refractivity contribution in [2.24, 2.45) is 0 Å². The van der Waals surface area contributed by atoms with Gasteiger partial charge in [-0.05, 0) is 31.9 Å². The summed E-state index contributed by atoms with van der Waals surface area (Å²) in [5, 5.41) is 0. The van der Waals surface area contributed by atoms with Crippen LogP contribution in [0.1, 0.15) is 31.9 Å². The summed E-state index contributed by atoms with van der Waals surface area (Å²) in [6.45, 7) is 2.26. The summed E-state index contributed by atoms with van der Waals surface area (Å²) in [5.41, 5.74) is 0.339. The maximum absolute atomic E-state index is 12.0. The van der Waals surface area contributed by atoms with Crippen LogP contribution in [-0.4, -0.2) is 17.6 Å². The third-order valence-electron chi connectivity index (χ3n) is 3.09. The molecule has 3 nitrogen and oxygen atoms in total. The molecule has 86 valence electrons. The topological polar surface area (TPSA) is 39.2 Å². The number of hydrogen-bond acceptors (Lipinski definition) is 3. The fourth-order valence-electron chi connectivity index (χ4n) is 2.03. The number of pyridine rings is 1. The Balaban J connectivity index is 2.31. The number of ether oxygens (including phenoxy) is 1. The summed E-state index contributed by atoms with van der Waals surface area (Å²) < 4.78 is 6.10. The summed E-state index contributed by atoms with van der Waals surface area (Å²) in [5.74, 6) is -0.133. The van der Waals surface area contributed by atoms with Crippen molar-refractivity contribution in [2.45, 2.75) is 31.6 Å². The molecule has 0 aliphatic heterocycles. The van der Waals surface area contributed by atoms with E-state index in [2.05, 4.69) is 20.9 Å². The second-order valence-corrected chi connectivity index (χ2v) is 4.93. The molecule has 0 bridgehead atoms. The van der Waals surface area contributed by atoms with Crippen LogP contribution in [0.15, 0.2) is 22.8 Å². The molecule has 2 rings (SSSR count). The van der Waals surface area contributed by atoms with Crippen LogP contribution >= 0.6 is 15.9 Å². The quantitative estimate of drug-likeness (QED) is 0.801. The van der Waals surface area contributed by atoms with Gasteiger partial charge in [-0.15, -0.1) is 0 Å². The molecule has 1 aromatic rings. The summed E-state index contributed by atoms with van der Waals surface area (Å²) in [6.07, 6.45) is 4.47. The Morgan fingerprint density at radius 1 is 1.62 bits per heavy atom. The van der Waals surface area contributed by atoms with Gasteiger partial charge in [-0.1, -0.05) is 22.4 Å². The Morgan fingerprint density at radius 2 is 2.38 bits per heavy atom. The van der Waals surface area contributed by atoms with Gasteiger partial charge in [-0.2, -0.15) is 0 Å². The molecule has 0 unspecified atom stereocenters. The maximum Gasteiger partial charge on any atom is 0.318 e. The minimum atomic E-state index is -0.486. The smallest absolute Gasteiger partial charge is 0.318 e. The molecule has 1 saturated carbocycles. The number of carbonyl (C=O) groups is 1. The lowest BCUT2D eigenvalue weighted by atomic mass is 9.66. The van der Waals surface area contributed by atoms with E-state index in [1.165, 1.54) is 0 Å². The number of hydrogen-bond donors (Lipinski definition) is 0. The lowest BCUT2D eigenvalue weighted by Gasteiger charge is -2.38. The fraction of sp³-hybridized carbons (Fsp3) is 0.500. The first-order chi connectivity index (χ1) is 7.69. The van der Waals surface area contributed by atoms with Crippen molar-refractivity contribution in [1.29, 1.82) is 0 Å². The SMILES string of the molecule is CCOC(=O)C1(c2cc(Br)ccn2)CCC1. The Morgan fingerprint density at radius 3 is 2.88 bits per heavy atom. The van der Waals surface area contributed by atoms with Gasteiger partial charge >= 0.3 is 5.97 Å². The molecule has 1 heterocycles. The van der Waals surface area contributed by atoms with Gasteiger partial charge in [0.15, 0.2) is 0 Å². The van der Waals surface area contributed by atoms with E-state index in [0.717, 1.165) is 29.4 Å². The number of esters is 1. The highest BCUT2D eigenvalue weighted by Crippen LogP contribution is 2.44. The van der Waals surface area contributed by atoms with Gasteiger partial charge in [0.1, 0.15) is 5.41 Å². The molecular formula is C12H14BrNO2. The number of aromatic nitrogens is 1. The number of rotatable bonds is 3. The third-order valence-corrected chi connectivity index (χ3v) is 3.58. The minimum absolute atomic E-state index is 0.133. The monoisotopic (exact) mass is 283 g/mol. The highest BCUT2D eigenvalue weighted by atomic mass is 79.9. The van der Waals surface area contributed by atoms with Gasteiger partial charge in [0.2, 0.25) is 0 Å². The first kappa shape index (κ1) is 11.6. The van der Waals surface area contributed by atoms with Gasteiger partial charge in [0, 0.05) is 10.7 Å². The van der Waals surface area contributed by atoms with Crippen LogP contribution in [0.2, 0.25) is 0 Å². The van der Waals surface area contributed by atoms with Crippen molar-refractivity contribution < 1.29 is 9.53 Å². The van der Waals surface area contributed by atoms with Crippen LogP contribution in [0, 0.1) is 0 Å². The van der Waals surface area contributed by atoms with Crippen LogP contribution in [-0.2, 0) is 14.9 Å². The van der Waals surface area contributed by atoms with E-state index in [0.29, 0.717) is 6.61 Å². The number of carbonyl (C=O) groups excluding carboxylic acids is 1. The summed E-state index contributed by atoms with van der Waals surface area (Å²) in [4.78, 5) is 16.3. The van der Waals surface area contributed by atoms with Crippen molar-refractivity contribution in [3.63, 3.8) is 0 Å². The normalized spacial score (nSPS) is 17.6. The van der Waals surface area contributed by atoms with Crippen molar-refractivity contribution in [3.8, 4) is 0 Å². The molecule has 0 aromatic carbocycles. The molecule has 0 radical (unpaired) electrons. The average molecular weight is 284 g/mol. The van der Waals surface area contributed by atoms with Crippen molar-refractivity contribution in [1.82, 2.24) is 4.98 Å². The van der Waals surface area contributed by atoms with E-state index in [9.17, 15) is 4.79 Å². The van der Waals surface area contributed by atoms with Gasteiger partial charge in [0.05, 0.1) is 12.3 Å². The van der Waals surface area contributed by atoms with Crippen molar-refractivity contribution >= 4 is 21.9 Å². The molecule has 0 N–H and O–H groups in total. The molecule has 1 aromatic heterocycles. The van der Waals surface area contributed by atoms with Gasteiger partial charge in [0.25, 0.3) is 0 Å². The second-order valence-electron chi connectivity index (χ2n) is 4.02. The summed E-state index contributed by atoms with van der Waals surface area (Å²) in [7, 11) is 0. The van der Waals surface area contributed by atoms with Crippen LogP contribution in [0.3, 0.4) is 0 Å². The van der Waals surface area contributed by atoms with E-state index in [4.69, 9.17) is 4.74 Å². The van der Waals surface area contributed by atoms with Crippen LogP contribution in [0.4, 0.5) is 0 Å². The van der Waals surface area contributed by atoms with E-state index in [1.807, 2.05) is 19.1 Å². The first-order valence-electron chi connectivity index (χ1n) is 5.48. The number of halogens is 1. The van der Waals surface area contributed by atoms with Gasteiger partial charge < -0.3 is 4.74 Å². The van der Waals surface area contributed by atoms with E-state index in [1.54, 1.807) is 6.20 Å². The molecule has 16 heavy (non-hydrogen) atoms. The zero-order valence-electron chi connectivity index (χ0n) is 9.20. The van der Waals surface area contributed by atoms with Gasteiger partial charge in [-0.3, -0.25) is 9.78 Å². The maximum atomic E-state index is 12.0. The third kappa shape index (κ3) is 1.86. The van der Waals surface area contributed by atoms with Crippen LogP contribution in [0.5, 0.6) is 0 Å². The summed E-state index contributed by atoms with van der Waals surface area (Å²) in [6, 6.07) is 3.77. The molecule has 0 spiro atoms. The van der Waals surface area contributed by atoms with E-state index < -0.39 is 5.41 Å². The van der Waals surface area contributed by atoms with Crippen molar-refractivity contribution in [3.05, 3.63) is 28.5 Å². The molecule has 0 atom stereocenters. The molecule has 1 aliphatic carbocycles. The highest BCUT2D eigenvalue weighted by Gasteiger charge is 2.48. The Kier molecular flexibility index (Phi) is 3.28. The predicted octanol–water partition coefficient (Wildman–Crippen LogP) is 2.83. The standard InChI is InChI=1S/C12H14BrNO2/c1-2-16-11(15)12(5-3-6-12)10-8-9(13)4-7-14-10/h4,7-8H,2-3,5-6H2,1H3. The molecule has 1 fully saturated rings. The van der Waals surface area contributed by atoms with Crippen LogP contribution < -0.4 is 0 Å². The molecule has 1 aliphatic rings. The number of nitrogens with zero attached hydrogens (tertiary/aromatic N) is 1. The Bertz CT molecular complexity index is 402. The minimum Gasteiger partial charge on any atom is -0.465 e. The zero-order chi connectivity index (χ0) is 11.6. The van der Waals surface area contributed by atoms with E-state index >= 15 is 0 Å². The molecular weight excluding hydrogens is 270 g/mol. The van der Waals surface area contributed by atoms with Gasteiger partial charge in [-0.25, -0.2) is 0 Å². The lowest BCUT2D eigenvalue weighted by Crippen LogP contribution is -2.44. The molecule has 0 saturated heterocycles. The second kappa shape index (κ2) is 4.53. The largest absolute Gasteiger partial charge is 0.465 e. The predicted molar refractivity (Wildman–Crippen MR) is 64.1 cm³/mol. The summed E-state index contributed by atoms with van der Waals surface area (Å²) >= 11 is 3.40. The fourth-order valence-corrected chi connectivity index (χ4v) is 2.37. The average Bonchev–Trinajstić information content (AvgIpc) is 2.16. The van der Waals surface area contributed by atoms with E-state index in [-0.39, 0.29) is 5.97 Å². The lowest BCUT2D eigenvalue weighted by molar-refractivity contribution is -0.154. The van der Waals surface area contributed by atoms with Crippen LogP contribution in [0.25, 0.3) is 0 Å². The molecule has 0 amide bonds. The Hall–Kier alpha value is -0.900. The first-order valence-corrected chi connectivity index (χ1v) is 6.27. The Labute approximate surface area is 103 Å².